The summed E-state index contributed by atoms with van der Waals surface area (Å²) in [5.74, 6) is 1.80. The van der Waals surface area contributed by atoms with Gasteiger partial charge >= 0.3 is 0 Å². The quantitative estimate of drug-likeness (QED) is 0.628. The van der Waals surface area contributed by atoms with Crippen molar-refractivity contribution in [3.63, 3.8) is 0 Å². The van der Waals surface area contributed by atoms with Crippen molar-refractivity contribution >= 4 is 17.3 Å². The van der Waals surface area contributed by atoms with Crippen LogP contribution in [0.5, 0.6) is 0 Å². The number of benzene rings is 1. The summed E-state index contributed by atoms with van der Waals surface area (Å²) in [6.07, 6.45) is 0. The van der Waals surface area contributed by atoms with Gasteiger partial charge in [0, 0.05) is 20.1 Å². The smallest absolute Gasteiger partial charge is 0.191 e. The van der Waals surface area contributed by atoms with Gasteiger partial charge in [-0.2, -0.15) is 11.3 Å². The Morgan fingerprint density at radius 1 is 1.00 bits per heavy atom. The number of hydrogen-bond donors (Lipinski definition) is 2. The third-order valence-electron chi connectivity index (χ3n) is 3.86. The first-order valence-electron chi connectivity index (χ1n) is 7.72. The van der Waals surface area contributed by atoms with E-state index in [-0.39, 0.29) is 0 Å². The monoisotopic (exact) mass is 315 g/mol. The molecule has 0 bridgehead atoms. The van der Waals surface area contributed by atoms with Gasteiger partial charge in [-0.1, -0.05) is 44.2 Å². The first kappa shape index (κ1) is 16.6. The highest BCUT2D eigenvalue weighted by atomic mass is 32.1. The van der Waals surface area contributed by atoms with Crippen LogP contribution in [0.4, 0.5) is 0 Å². The minimum Gasteiger partial charge on any atom is -0.356 e. The largest absolute Gasteiger partial charge is 0.356 e. The molecule has 0 radical (unpaired) electrons. The third kappa shape index (κ3) is 4.88. The lowest BCUT2D eigenvalue weighted by Crippen LogP contribution is -2.40. The van der Waals surface area contributed by atoms with Crippen LogP contribution in [0.2, 0.25) is 0 Å². The zero-order chi connectivity index (χ0) is 15.8. The molecule has 2 aromatic rings. The van der Waals surface area contributed by atoms with Crippen LogP contribution in [0.3, 0.4) is 0 Å². The summed E-state index contributed by atoms with van der Waals surface area (Å²) in [7, 11) is 1.82. The maximum Gasteiger partial charge on any atom is 0.191 e. The van der Waals surface area contributed by atoms with Crippen LogP contribution < -0.4 is 10.6 Å². The molecule has 0 spiro atoms. The fourth-order valence-corrected chi connectivity index (χ4v) is 3.08. The van der Waals surface area contributed by atoms with Crippen LogP contribution in [0.1, 0.15) is 36.8 Å². The SMILES string of the molecule is CN=C(NCC(C)c1ccccc1)NCC(C)c1ccsc1. The van der Waals surface area contributed by atoms with Crippen molar-refractivity contribution in [1.29, 1.82) is 0 Å². The molecule has 1 aromatic heterocycles. The molecule has 0 amide bonds. The summed E-state index contributed by atoms with van der Waals surface area (Å²) >= 11 is 1.75. The second-order valence-corrected chi connectivity index (χ2v) is 6.38. The molecule has 0 aliphatic carbocycles. The predicted octanol–water partition coefficient (Wildman–Crippen LogP) is 3.82. The van der Waals surface area contributed by atoms with Gasteiger partial charge in [0.2, 0.25) is 0 Å². The van der Waals surface area contributed by atoms with Crippen molar-refractivity contribution < 1.29 is 0 Å². The lowest BCUT2D eigenvalue weighted by atomic mass is 10.0. The van der Waals surface area contributed by atoms with Crippen LogP contribution in [0.25, 0.3) is 0 Å². The topological polar surface area (TPSA) is 36.4 Å². The Balaban J connectivity index is 1.78. The molecule has 0 aliphatic heterocycles. The van der Waals surface area contributed by atoms with E-state index in [0.717, 1.165) is 19.0 Å². The average molecular weight is 315 g/mol. The summed E-state index contributed by atoms with van der Waals surface area (Å²) in [4.78, 5) is 4.30. The molecule has 2 rings (SSSR count). The van der Waals surface area contributed by atoms with Gasteiger partial charge in [-0.15, -0.1) is 0 Å². The minimum absolute atomic E-state index is 0.453. The Bertz CT molecular complexity index is 563. The lowest BCUT2D eigenvalue weighted by Gasteiger charge is -2.18. The molecule has 2 atom stereocenters. The maximum atomic E-state index is 4.30. The van der Waals surface area contributed by atoms with Crippen LogP contribution in [-0.2, 0) is 0 Å². The third-order valence-corrected chi connectivity index (χ3v) is 4.56. The van der Waals surface area contributed by atoms with E-state index in [0.29, 0.717) is 11.8 Å². The molecule has 1 heterocycles. The highest BCUT2D eigenvalue weighted by Gasteiger charge is 2.09. The number of nitrogens with zero attached hydrogens (tertiary/aromatic N) is 1. The molecule has 118 valence electrons. The molecule has 0 aliphatic rings. The van der Waals surface area contributed by atoms with E-state index in [9.17, 15) is 0 Å². The van der Waals surface area contributed by atoms with Gasteiger partial charge in [-0.3, -0.25) is 4.99 Å². The van der Waals surface area contributed by atoms with Crippen LogP contribution in [-0.4, -0.2) is 26.1 Å². The van der Waals surface area contributed by atoms with Crippen molar-refractivity contribution in [2.24, 2.45) is 4.99 Å². The standard InChI is InChI=1S/C18H25N3S/c1-14(16-7-5-4-6-8-16)11-20-18(19-3)21-12-15(2)17-9-10-22-13-17/h4-10,13-15H,11-12H2,1-3H3,(H2,19,20,21). The molecule has 2 N–H and O–H groups in total. The second-order valence-electron chi connectivity index (χ2n) is 5.60. The first-order chi connectivity index (χ1) is 10.7. The zero-order valence-corrected chi connectivity index (χ0v) is 14.4. The zero-order valence-electron chi connectivity index (χ0n) is 13.5. The summed E-state index contributed by atoms with van der Waals surface area (Å²) in [6.45, 7) is 6.21. The summed E-state index contributed by atoms with van der Waals surface area (Å²) < 4.78 is 0. The molecule has 22 heavy (non-hydrogen) atoms. The van der Waals surface area contributed by atoms with Gasteiger partial charge < -0.3 is 10.6 Å². The molecular formula is C18H25N3S. The summed E-state index contributed by atoms with van der Waals surface area (Å²) in [5, 5.41) is 11.2. The van der Waals surface area contributed by atoms with Crippen molar-refractivity contribution in [1.82, 2.24) is 10.6 Å². The predicted molar refractivity (Wildman–Crippen MR) is 97.0 cm³/mol. The molecule has 3 nitrogen and oxygen atoms in total. The highest BCUT2D eigenvalue weighted by molar-refractivity contribution is 7.07. The van der Waals surface area contributed by atoms with Gasteiger partial charge in [0.1, 0.15) is 0 Å². The molecule has 4 heteroatoms. The number of thiophene rings is 1. The number of rotatable bonds is 6. The number of guanidine groups is 1. The number of hydrogen-bond acceptors (Lipinski definition) is 2. The van der Waals surface area contributed by atoms with E-state index in [1.54, 1.807) is 11.3 Å². The fraction of sp³-hybridized carbons (Fsp3) is 0.389. The summed E-state index contributed by atoms with van der Waals surface area (Å²) in [5.41, 5.74) is 2.72. The van der Waals surface area contributed by atoms with Crippen molar-refractivity contribution in [2.75, 3.05) is 20.1 Å². The Kier molecular flexibility index (Phi) is 6.46. The number of aliphatic imine (C=N–C) groups is 1. The van der Waals surface area contributed by atoms with Gasteiger partial charge in [0.15, 0.2) is 5.96 Å². The van der Waals surface area contributed by atoms with Gasteiger partial charge in [-0.25, -0.2) is 0 Å². The lowest BCUT2D eigenvalue weighted by molar-refractivity contribution is 0.672. The highest BCUT2D eigenvalue weighted by Crippen LogP contribution is 2.17. The Labute approximate surface area is 137 Å². The minimum atomic E-state index is 0.453. The van der Waals surface area contributed by atoms with Crippen LogP contribution >= 0.6 is 11.3 Å². The van der Waals surface area contributed by atoms with E-state index in [1.807, 2.05) is 7.05 Å². The van der Waals surface area contributed by atoms with Crippen molar-refractivity contribution in [2.45, 2.75) is 25.7 Å². The number of nitrogens with one attached hydrogen (secondary N) is 2. The molecular weight excluding hydrogens is 290 g/mol. The Morgan fingerprint density at radius 3 is 2.18 bits per heavy atom. The van der Waals surface area contributed by atoms with E-state index in [2.05, 4.69) is 76.6 Å². The van der Waals surface area contributed by atoms with E-state index in [1.165, 1.54) is 11.1 Å². The van der Waals surface area contributed by atoms with Crippen LogP contribution in [0, 0.1) is 0 Å². The average Bonchev–Trinajstić information content (AvgIpc) is 3.10. The Hall–Kier alpha value is -1.81. The normalized spacial score (nSPS) is 14.4. The van der Waals surface area contributed by atoms with Gasteiger partial charge in [0.25, 0.3) is 0 Å². The van der Waals surface area contributed by atoms with Crippen molar-refractivity contribution in [3.8, 4) is 0 Å². The molecule has 1 aromatic carbocycles. The van der Waals surface area contributed by atoms with Crippen LogP contribution in [0.15, 0.2) is 52.2 Å². The molecule has 0 saturated heterocycles. The Morgan fingerprint density at radius 2 is 1.64 bits per heavy atom. The van der Waals surface area contributed by atoms with E-state index in [4.69, 9.17) is 0 Å². The second kappa shape index (κ2) is 8.59. The van der Waals surface area contributed by atoms with Crippen molar-refractivity contribution in [3.05, 3.63) is 58.3 Å². The maximum absolute atomic E-state index is 4.30. The van der Waals surface area contributed by atoms with E-state index < -0.39 is 0 Å². The van der Waals surface area contributed by atoms with Gasteiger partial charge in [-0.05, 0) is 39.8 Å². The van der Waals surface area contributed by atoms with Gasteiger partial charge in [0.05, 0.1) is 0 Å². The molecule has 0 saturated carbocycles. The fourth-order valence-electron chi connectivity index (χ4n) is 2.29. The molecule has 0 fully saturated rings. The van der Waals surface area contributed by atoms with E-state index >= 15 is 0 Å². The summed E-state index contributed by atoms with van der Waals surface area (Å²) in [6, 6.07) is 12.7. The molecule has 2 unspecified atom stereocenters. The first-order valence-corrected chi connectivity index (χ1v) is 8.66.